The summed E-state index contributed by atoms with van der Waals surface area (Å²) in [4.78, 5) is 23.3. The first-order valence-corrected chi connectivity index (χ1v) is 5.95. The Hall–Kier alpha value is -1.52. The maximum absolute atomic E-state index is 11.9. The summed E-state index contributed by atoms with van der Waals surface area (Å²) in [5, 5.41) is 0.746. The topological polar surface area (TPSA) is 44.0 Å². The van der Waals surface area contributed by atoms with Crippen molar-refractivity contribution in [3.8, 4) is 0 Å². The van der Waals surface area contributed by atoms with E-state index >= 15 is 0 Å². The van der Waals surface area contributed by atoms with Gasteiger partial charge in [0, 0.05) is 18.1 Å². The number of nitrogens with zero attached hydrogens (tertiary/aromatic N) is 2. The summed E-state index contributed by atoms with van der Waals surface area (Å²) in [5.41, 5.74) is 0.0156. The molecule has 0 fully saturated rings. The summed E-state index contributed by atoms with van der Waals surface area (Å²) in [6, 6.07) is 8.29. The second kappa shape index (κ2) is 5.00. The van der Waals surface area contributed by atoms with Crippen LogP contribution in [-0.2, 0) is 13.6 Å². The minimum Gasteiger partial charge on any atom is -0.279 e. The minimum atomic E-state index is -0.442. The first-order chi connectivity index (χ1) is 8.49. The van der Waals surface area contributed by atoms with Gasteiger partial charge >= 0.3 is 5.69 Å². The first kappa shape index (κ1) is 12.9. The van der Waals surface area contributed by atoms with Crippen LogP contribution in [0.1, 0.15) is 5.56 Å². The Labute approximate surface area is 113 Å². The summed E-state index contributed by atoms with van der Waals surface area (Å²) < 4.78 is 2.34. The fourth-order valence-corrected chi connectivity index (χ4v) is 1.91. The molecule has 1 aromatic carbocycles. The van der Waals surface area contributed by atoms with E-state index in [1.54, 1.807) is 24.3 Å². The van der Waals surface area contributed by atoms with Crippen LogP contribution in [0.5, 0.6) is 0 Å². The van der Waals surface area contributed by atoms with E-state index in [1.807, 2.05) is 0 Å². The quantitative estimate of drug-likeness (QED) is 0.791. The van der Waals surface area contributed by atoms with Gasteiger partial charge < -0.3 is 0 Å². The fourth-order valence-electron chi connectivity index (χ4n) is 1.56. The molecule has 0 saturated carbocycles. The molecule has 0 saturated heterocycles. The van der Waals surface area contributed by atoms with Crippen molar-refractivity contribution >= 4 is 23.2 Å². The third-order valence-corrected chi connectivity index (χ3v) is 3.17. The second-order valence-corrected chi connectivity index (χ2v) is 4.68. The average Bonchev–Trinajstić information content (AvgIpc) is 2.34. The fraction of sp³-hybridized carbons (Fsp3) is 0.167. The molecule has 0 aliphatic carbocycles. The molecule has 0 unspecified atom stereocenters. The van der Waals surface area contributed by atoms with Crippen molar-refractivity contribution in [2.24, 2.45) is 7.05 Å². The molecule has 0 aliphatic rings. The van der Waals surface area contributed by atoms with Crippen LogP contribution < -0.4 is 11.2 Å². The Morgan fingerprint density at radius 1 is 1.11 bits per heavy atom. The van der Waals surface area contributed by atoms with Gasteiger partial charge in [0.2, 0.25) is 0 Å². The van der Waals surface area contributed by atoms with Gasteiger partial charge in [0.15, 0.2) is 0 Å². The smallest absolute Gasteiger partial charge is 0.279 e. The number of hydrogen-bond acceptors (Lipinski definition) is 2. The molecule has 0 amide bonds. The number of hydrogen-bond donors (Lipinski definition) is 0. The predicted octanol–water partition coefficient (Wildman–Crippen LogP) is 1.90. The van der Waals surface area contributed by atoms with Gasteiger partial charge in [0.05, 0.1) is 6.54 Å². The van der Waals surface area contributed by atoms with Gasteiger partial charge in [-0.1, -0.05) is 35.3 Å². The lowest BCUT2D eigenvalue weighted by atomic mass is 10.2. The van der Waals surface area contributed by atoms with Crippen LogP contribution in [0.15, 0.2) is 39.9 Å². The molecule has 0 N–H and O–H groups in total. The maximum atomic E-state index is 11.9. The molecule has 94 valence electrons. The Balaban J connectivity index is 2.47. The molecule has 0 spiro atoms. The normalized spacial score (nSPS) is 10.6. The molecule has 0 aliphatic heterocycles. The molecule has 2 aromatic rings. The van der Waals surface area contributed by atoms with Crippen LogP contribution in [0.3, 0.4) is 0 Å². The summed E-state index contributed by atoms with van der Waals surface area (Å²) in [6.45, 7) is 0.295. The van der Waals surface area contributed by atoms with Gasteiger partial charge in [-0.05, 0) is 17.7 Å². The van der Waals surface area contributed by atoms with Gasteiger partial charge in [0.25, 0.3) is 5.56 Å². The van der Waals surface area contributed by atoms with Gasteiger partial charge in [-0.25, -0.2) is 4.79 Å². The zero-order chi connectivity index (χ0) is 13.3. The van der Waals surface area contributed by atoms with Gasteiger partial charge in [-0.2, -0.15) is 0 Å². The molecule has 1 aromatic heterocycles. The van der Waals surface area contributed by atoms with Crippen molar-refractivity contribution < 1.29 is 0 Å². The van der Waals surface area contributed by atoms with Crippen LogP contribution in [0.4, 0.5) is 0 Å². The molecular weight excluding hydrogens is 275 g/mol. The highest BCUT2D eigenvalue weighted by atomic mass is 35.5. The summed E-state index contributed by atoms with van der Waals surface area (Å²) >= 11 is 11.7. The Bertz CT molecular complexity index is 687. The van der Waals surface area contributed by atoms with Crippen LogP contribution >= 0.6 is 23.2 Å². The van der Waals surface area contributed by atoms with E-state index in [4.69, 9.17) is 23.2 Å². The maximum Gasteiger partial charge on any atom is 0.332 e. The van der Waals surface area contributed by atoms with Crippen LogP contribution in [-0.4, -0.2) is 9.13 Å². The molecular formula is C12H10Cl2N2O2. The van der Waals surface area contributed by atoms with E-state index in [9.17, 15) is 9.59 Å². The first-order valence-electron chi connectivity index (χ1n) is 5.20. The van der Waals surface area contributed by atoms with E-state index in [0.717, 1.165) is 10.1 Å². The van der Waals surface area contributed by atoms with E-state index < -0.39 is 11.2 Å². The lowest BCUT2D eigenvalue weighted by Crippen LogP contribution is -2.37. The third-order valence-electron chi connectivity index (χ3n) is 2.60. The van der Waals surface area contributed by atoms with E-state index in [-0.39, 0.29) is 5.15 Å². The molecule has 0 radical (unpaired) electrons. The van der Waals surface area contributed by atoms with Gasteiger partial charge in [-0.3, -0.25) is 13.9 Å². The molecule has 2 rings (SSSR count). The number of aromatic nitrogens is 2. The zero-order valence-electron chi connectivity index (χ0n) is 9.56. The zero-order valence-corrected chi connectivity index (χ0v) is 11.1. The highest BCUT2D eigenvalue weighted by Crippen LogP contribution is 2.11. The van der Waals surface area contributed by atoms with E-state index in [1.165, 1.54) is 17.7 Å². The van der Waals surface area contributed by atoms with Crippen molar-refractivity contribution in [1.82, 2.24) is 9.13 Å². The molecule has 18 heavy (non-hydrogen) atoms. The van der Waals surface area contributed by atoms with Gasteiger partial charge in [-0.15, -0.1) is 0 Å². The van der Waals surface area contributed by atoms with Crippen molar-refractivity contribution in [3.63, 3.8) is 0 Å². The summed E-state index contributed by atoms with van der Waals surface area (Å²) in [5.74, 6) is 0. The van der Waals surface area contributed by atoms with Crippen LogP contribution in [0.25, 0.3) is 0 Å². The molecule has 4 nitrogen and oxygen atoms in total. The number of halogens is 2. The van der Waals surface area contributed by atoms with Crippen molar-refractivity contribution in [3.05, 3.63) is 66.9 Å². The van der Waals surface area contributed by atoms with Crippen molar-refractivity contribution in [2.75, 3.05) is 0 Å². The Morgan fingerprint density at radius 3 is 2.33 bits per heavy atom. The lowest BCUT2D eigenvalue weighted by Gasteiger charge is -2.09. The average molecular weight is 285 g/mol. The predicted molar refractivity (Wildman–Crippen MR) is 71.5 cm³/mol. The van der Waals surface area contributed by atoms with Crippen molar-refractivity contribution in [1.29, 1.82) is 0 Å². The monoisotopic (exact) mass is 284 g/mol. The third kappa shape index (κ3) is 2.49. The van der Waals surface area contributed by atoms with Crippen LogP contribution in [0.2, 0.25) is 10.2 Å². The molecule has 0 atom stereocenters. The number of benzene rings is 1. The largest absolute Gasteiger partial charge is 0.332 e. The Morgan fingerprint density at radius 2 is 1.72 bits per heavy atom. The standard InChI is InChI=1S/C12H10Cl2N2O2/c1-15-11(17)6-10(14)16(12(15)18)7-8-2-4-9(13)5-3-8/h2-6H,7H2,1H3. The highest BCUT2D eigenvalue weighted by Gasteiger charge is 2.07. The second-order valence-electron chi connectivity index (χ2n) is 3.86. The summed E-state index contributed by atoms with van der Waals surface area (Å²) in [6.07, 6.45) is 0. The van der Waals surface area contributed by atoms with E-state index in [2.05, 4.69) is 0 Å². The SMILES string of the molecule is Cn1c(=O)cc(Cl)n(Cc2ccc(Cl)cc2)c1=O. The lowest BCUT2D eigenvalue weighted by molar-refractivity contribution is 0.646. The van der Waals surface area contributed by atoms with Gasteiger partial charge in [0.1, 0.15) is 5.15 Å². The molecule has 6 heteroatoms. The Kier molecular flexibility index (Phi) is 3.59. The highest BCUT2D eigenvalue weighted by molar-refractivity contribution is 6.30. The minimum absolute atomic E-state index is 0.123. The van der Waals surface area contributed by atoms with Crippen LogP contribution in [0, 0.1) is 0 Å². The summed E-state index contributed by atoms with van der Waals surface area (Å²) in [7, 11) is 1.42. The molecule has 1 heterocycles. The van der Waals surface area contributed by atoms with E-state index in [0.29, 0.717) is 11.6 Å². The van der Waals surface area contributed by atoms with Crippen molar-refractivity contribution in [2.45, 2.75) is 6.54 Å². The molecule has 0 bridgehead atoms. The number of rotatable bonds is 2.